The Bertz CT molecular complexity index is 407. The standard InChI is InChI=1S/C15H22BrNO/c1-10-3-4-13(7-11(10)2)18-14-5-6-15(16)12(8-14)9-17/h5-6,8,10-11,13H,3-4,7,9,17H2,1-2H3. The Hall–Kier alpha value is -0.540. The van der Waals surface area contributed by atoms with E-state index in [-0.39, 0.29) is 0 Å². The number of benzene rings is 1. The van der Waals surface area contributed by atoms with Crippen LogP contribution in [0.15, 0.2) is 22.7 Å². The van der Waals surface area contributed by atoms with E-state index < -0.39 is 0 Å². The Morgan fingerprint density at radius 1 is 1.28 bits per heavy atom. The SMILES string of the molecule is CC1CCC(Oc2ccc(Br)c(CN)c2)CC1C. The lowest BCUT2D eigenvalue weighted by molar-refractivity contribution is 0.101. The zero-order chi connectivity index (χ0) is 13.1. The van der Waals surface area contributed by atoms with Gasteiger partial charge in [0.15, 0.2) is 0 Å². The van der Waals surface area contributed by atoms with Crippen LogP contribution in [-0.4, -0.2) is 6.10 Å². The number of hydrogen-bond acceptors (Lipinski definition) is 2. The highest BCUT2D eigenvalue weighted by Gasteiger charge is 2.25. The number of ether oxygens (including phenoxy) is 1. The highest BCUT2D eigenvalue weighted by atomic mass is 79.9. The third-order valence-corrected chi connectivity index (χ3v) is 4.86. The monoisotopic (exact) mass is 311 g/mol. The minimum absolute atomic E-state index is 0.364. The van der Waals surface area contributed by atoms with Gasteiger partial charge < -0.3 is 10.5 Å². The van der Waals surface area contributed by atoms with E-state index in [0.29, 0.717) is 12.6 Å². The van der Waals surface area contributed by atoms with Gasteiger partial charge in [-0.1, -0.05) is 29.8 Å². The summed E-state index contributed by atoms with van der Waals surface area (Å²) in [5, 5.41) is 0. The second kappa shape index (κ2) is 6.07. The van der Waals surface area contributed by atoms with Crippen LogP contribution in [0, 0.1) is 11.8 Å². The Kier molecular flexibility index (Phi) is 4.68. The van der Waals surface area contributed by atoms with Crippen LogP contribution in [0.25, 0.3) is 0 Å². The molecule has 18 heavy (non-hydrogen) atoms. The third-order valence-electron chi connectivity index (χ3n) is 4.09. The fourth-order valence-corrected chi connectivity index (χ4v) is 2.99. The molecule has 0 heterocycles. The van der Waals surface area contributed by atoms with E-state index in [2.05, 4.69) is 29.8 Å². The molecule has 2 nitrogen and oxygen atoms in total. The summed E-state index contributed by atoms with van der Waals surface area (Å²) in [4.78, 5) is 0. The van der Waals surface area contributed by atoms with Crippen molar-refractivity contribution in [2.24, 2.45) is 17.6 Å². The predicted molar refractivity (Wildman–Crippen MR) is 78.6 cm³/mol. The normalized spacial score (nSPS) is 28.1. The van der Waals surface area contributed by atoms with Crippen molar-refractivity contribution < 1.29 is 4.74 Å². The average molecular weight is 312 g/mol. The summed E-state index contributed by atoms with van der Waals surface area (Å²) in [6, 6.07) is 6.09. The smallest absolute Gasteiger partial charge is 0.120 e. The van der Waals surface area contributed by atoms with E-state index >= 15 is 0 Å². The van der Waals surface area contributed by atoms with Gasteiger partial charge in [0, 0.05) is 11.0 Å². The minimum atomic E-state index is 0.364. The molecule has 2 rings (SSSR count). The highest BCUT2D eigenvalue weighted by molar-refractivity contribution is 9.10. The lowest BCUT2D eigenvalue weighted by atomic mass is 9.80. The molecule has 0 bridgehead atoms. The van der Waals surface area contributed by atoms with E-state index in [1.54, 1.807) is 0 Å². The summed E-state index contributed by atoms with van der Waals surface area (Å²) in [6.07, 6.45) is 3.96. The van der Waals surface area contributed by atoms with E-state index in [1.165, 1.54) is 12.8 Å². The third kappa shape index (κ3) is 3.27. The molecular formula is C15H22BrNO. The molecule has 0 spiro atoms. The van der Waals surface area contributed by atoms with Crippen molar-refractivity contribution >= 4 is 15.9 Å². The quantitative estimate of drug-likeness (QED) is 0.911. The minimum Gasteiger partial charge on any atom is -0.490 e. The predicted octanol–water partition coefficient (Wildman–Crippen LogP) is 4.11. The maximum absolute atomic E-state index is 6.10. The topological polar surface area (TPSA) is 35.2 Å². The first-order chi connectivity index (χ1) is 8.60. The molecule has 0 saturated heterocycles. The van der Waals surface area contributed by atoms with Crippen molar-refractivity contribution in [2.45, 2.75) is 45.8 Å². The van der Waals surface area contributed by atoms with Crippen molar-refractivity contribution in [2.75, 3.05) is 0 Å². The van der Waals surface area contributed by atoms with Gasteiger partial charge in [0.2, 0.25) is 0 Å². The number of rotatable bonds is 3. The van der Waals surface area contributed by atoms with Gasteiger partial charge in [-0.25, -0.2) is 0 Å². The number of hydrogen-bond donors (Lipinski definition) is 1. The molecule has 0 radical (unpaired) electrons. The van der Waals surface area contributed by atoms with Crippen LogP contribution >= 0.6 is 15.9 Å². The maximum Gasteiger partial charge on any atom is 0.120 e. The van der Waals surface area contributed by atoms with Crippen LogP contribution < -0.4 is 10.5 Å². The van der Waals surface area contributed by atoms with Crippen molar-refractivity contribution in [3.05, 3.63) is 28.2 Å². The largest absolute Gasteiger partial charge is 0.490 e. The Morgan fingerprint density at radius 2 is 2.06 bits per heavy atom. The van der Waals surface area contributed by atoms with Crippen molar-refractivity contribution in [1.29, 1.82) is 0 Å². The summed E-state index contributed by atoms with van der Waals surface area (Å²) in [5.41, 5.74) is 6.81. The van der Waals surface area contributed by atoms with Crippen LogP contribution in [-0.2, 0) is 6.54 Å². The molecule has 0 aliphatic heterocycles. The molecule has 2 N–H and O–H groups in total. The summed E-state index contributed by atoms with van der Waals surface area (Å²) < 4.78 is 7.15. The Labute approximate surface area is 118 Å². The molecule has 3 unspecified atom stereocenters. The Balaban J connectivity index is 2.01. The molecule has 1 aromatic rings. The van der Waals surface area contributed by atoms with Gasteiger partial charge in [0.25, 0.3) is 0 Å². The molecule has 0 aromatic heterocycles. The van der Waals surface area contributed by atoms with E-state index in [1.807, 2.05) is 18.2 Å². The van der Waals surface area contributed by atoms with E-state index in [4.69, 9.17) is 10.5 Å². The van der Waals surface area contributed by atoms with Crippen LogP contribution in [0.3, 0.4) is 0 Å². The average Bonchev–Trinajstić information content (AvgIpc) is 2.36. The zero-order valence-electron chi connectivity index (χ0n) is 11.2. The first-order valence-electron chi connectivity index (χ1n) is 6.75. The summed E-state index contributed by atoms with van der Waals surface area (Å²) in [5.74, 6) is 2.54. The number of halogens is 1. The zero-order valence-corrected chi connectivity index (χ0v) is 12.7. The molecule has 100 valence electrons. The van der Waals surface area contributed by atoms with Gasteiger partial charge in [-0.05, 0) is 54.9 Å². The van der Waals surface area contributed by atoms with Gasteiger partial charge in [-0.2, -0.15) is 0 Å². The fraction of sp³-hybridized carbons (Fsp3) is 0.600. The summed E-state index contributed by atoms with van der Waals surface area (Å²) in [7, 11) is 0. The van der Waals surface area contributed by atoms with Gasteiger partial charge >= 0.3 is 0 Å². The molecule has 1 aliphatic carbocycles. The fourth-order valence-electron chi connectivity index (χ4n) is 2.58. The Morgan fingerprint density at radius 3 is 2.72 bits per heavy atom. The highest BCUT2D eigenvalue weighted by Crippen LogP contribution is 2.32. The molecule has 1 aliphatic rings. The molecule has 1 fully saturated rings. The van der Waals surface area contributed by atoms with Gasteiger partial charge in [0.05, 0.1) is 6.10 Å². The van der Waals surface area contributed by atoms with Gasteiger partial charge in [-0.15, -0.1) is 0 Å². The molecule has 3 heteroatoms. The molecule has 3 atom stereocenters. The molecule has 1 saturated carbocycles. The maximum atomic E-state index is 6.10. The lowest BCUT2D eigenvalue weighted by Gasteiger charge is -2.32. The van der Waals surface area contributed by atoms with E-state index in [9.17, 15) is 0 Å². The van der Waals surface area contributed by atoms with Crippen molar-refractivity contribution in [3.63, 3.8) is 0 Å². The van der Waals surface area contributed by atoms with Gasteiger partial charge in [-0.3, -0.25) is 0 Å². The number of nitrogens with two attached hydrogens (primary N) is 1. The van der Waals surface area contributed by atoms with Crippen molar-refractivity contribution in [3.8, 4) is 5.75 Å². The molecule has 1 aromatic carbocycles. The lowest BCUT2D eigenvalue weighted by Crippen LogP contribution is -2.28. The second-order valence-electron chi connectivity index (χ2n) is 5.46. The van der Waals surface area contributed by atoms with Crippen LogP contribution in [0.4, 0.5) is 0 Å². The first kappa shape index (κ1) is 13.9. The van der Waals surface area contributed by atoms with Crippen molar-refractivity contribution in [1.82, 2.24) is 0 Å². The second-order valence-corrected chi connectivity index (χ2v) is 6.32. The van der Waals surface area contributed by atoms with E-state index in [0.717, 1.165) is 34.0 Å². The molecular weight excluding hydrogens is 290 g/mol. The van der Waals surface area contributed by atoms with Crippen LogP contribution in [0.1, 0.15) is 38.7 Å². The summed E-state index contributed by atoms with van der Waals surface area (Å²) >= 11 is 3.50. The van der Waals surface area contributed by atoms with Crippen LogP contribution in [0.2, 0.25) is 0 Å². The molecule has 0 amide bonds. The first-order valence-corrected chi connectivity index (χ1v) is 7.54. The summed E-state index contributed by atoms with van der Waals surface area (Å²) in [6.45, 7) is 5.20. The van der Waals surface area contributed by atoms with Crippen LogP contribution in [0.5, 0.6) is 5.75 Å². The van der Waals surface area contributed by atoms with Gasteiger partial charge in [0.1, 0.15) is 5.75 Å².